The highest BCUT2D eigenvalue weighted by atomic mass is 79.9. The summed E-state index contributed by atoms with van der Waals surface area (Å²) in [6, 6.07) is 8.56. The zero-order chi connectivity index (χ0) is 14.0. The Labute approximate surface area is 117 Å². The van der Waals surface area contributed by atoms with Crippen LogP contribution in [0.3, 0.4) is 0 Å². The highest BCUT2D eigenvalue weighted by Gasteiger charge is 2.15. The van der Waals surface area contributed by atoms with Gasteiger partial charge in [0, 0.05) is 22.1 Å². The van der Waals surface area contributed by atoms with E-state index in [1.165, 1.54) is 18.2 Å². The first-order valence-corrected chi connectivity index (χ1v) is 6.29. The summed E-state index contributed by atoms with van der Waals surface area (Å²) in [6.07, 6.45) is -0.217. The summed E-state index contributed by atoms with van der Waals surface area (Å²) in [5, 5.41) is 0. The number of benzene rings is 2. The van der Waals surface area contributed by atoms with Gasteiger partial charge in [-0.2, -0.15) is 0 Å². The highest BCUT2D eigenvalue weighted by Crippen LogP contribution is 2.22. The molecule has 0 heterocycles. The summed E-state index contributed by atoms with van der Waals surface area (Å²) in [5.74, 6) is -2.28. The first-order valence-electron chi connectivity index (χ1n) is 5.50. The second-order valence-electron chi connectivity index (χ2n) is 4.05. The molecule has 0 saturated carbocycles. The number of rotatable bonds is 3. The lowest BCUT2D eigenvalue weighted by Crippen LogP contribution is -2.07. The standard InChI is InChI=1S/C14H10BrF2NO/c15-11-5-4-9(18)7-10(11)13(19)6-8-2-1-3-12(16)14(8)17/h1-5,7H,6,18H2. The average Bonchev–Trinajstić information content (AvgIpc) is 2.38. The van der Waals surface area contributed by atoms with E-state index in [2.05, 4.69) is 15.9 Å². The maximum atomic E-state index is 13.5. The van der Waals surface area contributed by atoms with Crippen molar-refractivity contribution < 1.29 is 13.6 Å². The van der Waals surface area contributed by atoms with E-state index < -0.39 is 11.6 Å². The number of nitrogens with two attached hydrogens (primary N) is 1. The monoisotopic (exact) mass is 325 g/mol. The maximum absolute atomic E-state index is 13.5. The smallest absolute Gasteiger partial charge is 0.168 e. The summed E-state index contributed by atoms with van der Waals surface area (Å²) in [7, 11) is 0. The highest BCUT2D eigenvalue weighted by molar-refractivity contribution is 9.10. The molecule has 2 rings (SSSR count). The average molecular weight is 326 g/mol. The van der Waals surface area contributed by atoms with Gasteiger partial charge in [0.15, 0.2) is 17.4 Å². The van der Waals surface area contributed by atoms with Gasteiger partial charge in [-0.1, -0.05) is 28.1 Å². The van der Waals surface area contributed by atoms with E-state index in [-0.39, 0.29) is 17.8 Å². The first kappa shape index (κ1) is 13.7. The molecule has 0 amide bonds. The largest absolute Gasteiger partial charge is 0.399 e. The molecule has 0 atom stereocenters. The maximum Gasteiger partial charge on any atom is 0.168 e. The molecule has 0 bridgehead atoms. The van der Waals surface area contributed by atoms with E-state index in [0.29, 0.717) is 15.7 Å². The molecule has 2 N–H and O–H groups in total. The van der Waals surface area contributed by atoms with Gasteiger partial charge in [-0.15, -0.1) is 0 Å². The van der Waals surface area contributed by atoms with E-state index in [1.54, 1.807) is 12.1 Å². The number of carbonyl (C=O) groups excluding carboxylic acids is 1. The van der Waals surface area contributed by atoms with Gasteiger partial charge >= 0.3 is 0 Å². The fourth-order valence-electron chi connectivity index (χ4n) is 1.71. The van der Waals surface area contributed by atoms with E-state index in [4.69, 9.17) is 5.73 Å². The molecule has 0 aromatic heterocycles. The molecule has 98 valence electrons. The van der Waals surface area contributed by atoms with Crippen molar-refractivity contribution in [2.24, 2.45) is 0 Å². The van der Waals surface area contributed by atoms with Crippen LogP contribution >= 0.6 is 15.9 Å². The van der Waals surface area contributed by atoms with Crippen LogP contribution in [0.2, 0.25) is 0 Å². The molecule has 0 saturated heterocycles. The van der Waals surface area contributed by atoms with Crippen LogP contribution in [0.5, 0.6) is 0 Å². The fourth-order valence-corrected chi connectivity index (χ4v) is 2.18. The number of Topliss-reactive ketones (excluding diaryl/α,β-unsaturated/α-hetero) is 1. The Bertz CT molecular complexity index is 643. The van der Waals surface area contributed by atoms with Gasteiger partial charge in [0.05, 0.1) is 0 Å². The number of hydrogen-bond donors (Lipinski definition) is 1. The molecular weight excluding hydrogens is 316 g/mol. The number of carbonyl (C=O) groups is 1. The predicted molar refractivity (Wildman–Crippen MR) is 72.9 cm³/mol. The summed E-state index contributed by atoms with van der Waals surface area (Å²) in [6.45, 7) is 0. The van der Waals surface area contributed by atoms with E-state index in [0.717, 1.165) is 6.07 Å². The van der Waals surface area contributed by atoms with E-state index in [9.17, 15) is 13.6 Å². The lowest BCUT2D eigenvalue weighted by Gasteiger charge is -2.06. The van der Waals surface area contributed by atoms with Crippen molar-refractivity contribution in [3.8, 4) is 0 Å². The molecule has 2 aromatic rings. The second-order valence-corrected chi connectivity index (χ2v) is 4.91. The normalized spacial score (nSPS) is 10.5. The Morgan fingerprint density at radius 1 is 1.21 bits per heavy atom. The van der Waals surface area contributed by atoms with Crippen LogP contribution in [0.1, 0.15) is 15.9 Å². The van der Waals surface area contributed by atoms with Crippen LogP contribution in [0.15, 0.2) is 40.9 Å². The van der Waals surface area contributed by atoms with E-state index >= 15 is 0 Å². The van der Waals surface area contributed by atoms with Crippen molar-refractivity contribution in [2.45, 2.75) is 6.42 Å². The molecule has 0 radical (unpaired) electrons. The minimum atomic E-state index is -0.990. The molecule has 2 aromatic carbocycles. The van der Waals surface area contributed by atoms with Gasteiger partial charge in [-0.3, -0.25) is 4.79 Å². The molecule has 0 unspecified atom stereocenters. The lowest BCUT2D eigenvalue weighted by molar-refractivity contribution is 0.0991. The molecule has 0 fully saturated rings. The van der Waals surface area contributed by atoms with Crippen LogP contribution in [0, 0.1) is 11.6 Å². The Balaban J connectivity index is 2.31. The topological polar surface area (TPSA) is 43.1 Å². The first-order chi connectivity index (χ1) is 8.99. The zero-order valence-electron chi connectivity index (χ0n) is 9.79. The number of hydrogen-bond acceptors (Lipinski definition) is 2. The van der Waals surface area contributed by atoms with Gasteiger partial charge in [0.2, 0.25) is 0 Å². The van der Waals surface area contributed by atoms with Gasteiger partial charge in [0.25, 0.3) is 0 Å². The van der Waals surface area contributed by atoms with Gasteiger partial charge < -0.3 is 5.73 Å². The second kappa shape index (κ2) is 5.48. The SMILES string of the molecule is Nc1ccc(Br)c(C(=O)Cc2cccc(F)c2F)c1. The third kappa shape index (κ3) is 2.98. The van der Waals surface area contributed by atoms with Crippen molar-refractivity contribution in [3.63, 3.8) is 0 Å². The Morgan fingerprint density at radius 2 is 1.95 bits per heavy atom. The Kier molecular flexibility index (Phi) is 3.95. The predicted octanol–water partition coefficient (Wildman–Crippen LogP) is 3.73. The summed E-state index contributed by atoms with van der Waals surface area (Å²) >= 11 is 3.23. The van der Waals surface area contributed by atoms with Gasteiger partial charge in [0.1, 0.15) is 0 Å². The molecule has 2 nitrogen and oxygen atoms in total. The number of anilines is 1. The summed E-state index contributed by atoms with van der Waals surface area (Å²) in [5.41, 5.74) is 6.42. The minimum Gasteiger partial charge on any atom is -0.399 e. The van der Waals surface area contributed by atoms with Crippen LogP contribution in [-0.2, 0) is 6.42 Å². The molecule has 0 spiro atoms. The number of nitrogen functional groups attached to an aromatic ring is 1. The van der Waals surface area contributed by atoms with Crippen molar-refractivity contribution in [3.05, 3.63) is 63.6 Å². The quantitative estimate of drug-likeness (QED) is 0.690. The summed E-state index contributed by atoms with van der Waals surface area (Å²) < 4.78 is 27.1. The lowest BCUT2D eigenvalue weighted by atomic mass is 10.0. The molecular formula is C14H10BrF2NO. The van der Waals surface area contributed by atoms with Crippen LogP contribution in [0.4, 0.5) is 14.5 Å². The third-order valence-corrected chi connectivity index (χ3v) is 3.36. The number of ketones is 1. The zero-order valence-corrected chi connectivity index (χ0v) is 11.4. The van der Waals surface area contributed by atoms with Gasteiger partial charge in [-0.25, -0.2) is 8.78 Å². The molecule has 19 heavy (non-hydrogen) atoms. The molecule has 0 aliphatic rings. The Morgan fingerprint density at radius 3 is 2.68 bits per heavy atom. The molecule has 0 aliphatic heterocycles. The molecule has 0 aliphatic carbocycles. The summed E-state index contributed by atoms with van der Waals surface area (Å²) in [4.78, 5) is 12.1. The van der Waals surface area contributed by atoms with Crippen molar-refractivity contribution in [2.75, 3.05) is 5.73 Å². The van der Waals surface area contributed by atoms with Gasteiger partial charge in [-0.05, 0) is 29.8 Å². The number of halogens is 3. The minimum absolute atomic E-state index is 0.0272. The van der Waals surface area contributed by atoms with E-state index in [1.807, 2.05) is 0 Å². The van der Waals surface area contributed by atoms with Crippen molar-refractivity contribution in [1.29, 1.82) is 0 Å². The third-order valence-electron chi connectivity index (χ3n) is 2.67. The van der Waals surface area contributed by atoms with Crippen LogP contribution in [0.25, 0.3) is 0 Å². The van der Waals surface area contributed by atoms with Crippen molar-refractivity contribution in [1.82, 2.24) is 0 Å². The Hall–Kier alpha value is -1.75. The van der Waals surface area contributed by atoms with Crippen molar-refractivity contribution >= 4 is 27.4 Å². The fraction of sp³-hybridized carbons (Fsp3) is 0.0714. The molecule has 5 heteroatoms. The van der Waals surface area contributed by atoms with Crippen LogP contribution < -0.4 is 5.73 Å². The van der Waals surface area contributed by atoms with Crippen LogP contribution in [-0.4, -0.2) is 5.78 Å².